The van der Waals surface area contributed by atoms with Gasteiger partial charge in [0, 0.05) is 33.7 Å². The highest BCUT2D eigenvalue weighted by molar-refractivity contribution is 9.10. The molecule has 0 bridgehead atoms. The van der Waals surface area contributed by atoms with E-state index in [4.69, 9.17) is 5.73 Å². The van der Waals surface area contributed by atoms with E-state index in [1.165, 1.54) is 6.07 Å². The molecule has 0 aliphatic heterocycles. The Bertz CT molecular complexity index is 385. The molecule has 1 unspecified atom stereocenters. The summed E-state index contributed by atoms with van der Waals surface area (Å²) in [4.78, 5) is 10.5. The smallest absolute Gasteiger partial charge is 0.274 e. The molecular formula is C10H13BrN2O2S. The second-order valence-electron chi connectivity index (χ2n) is 3.52. The summed E-state index contributed by atoms with van der Waals surface area (Å²) in [6, 6.07) is 5.23. The molecule has 6 heteroatoms. The predicted octanol–water partition coefficient (Wildman–Crippen LogP) is 2.94. The quantitative estimate of drug-likeness (QED) is 0.671. The van der Waals surface area contributed by atoms with Gasteiger partial charge in [-0.05, 0) is 13.0 Å². The molecule has 0 heterocycles. The van der Waals surface area contributed by atoms with Crippen LogP contribution < -0.4 is 5.73 Å². The van der Waals surface area contributed by atoms with Crippen molar-refractivity contribution in [3.05, 3.63) is 38.3 Å². The molecule has 0 spiro atoms. The fraction of sp³-hybridized carbons (Fsp3) is 0.400. The van der Waals surface area contributed by atoms with Crippen LogP contribution in [0, 0.1) is 10.1 Å². The fourth-order valence-electron chi connectivity index (χ4n) is 1.18. The lowest BCUT2D eigenvalue weighted by Gasteiger charge is -2.05. The van der Waals surface area contributed by atoms with Crippen LogP contribution in [0.3, 0.4) is 0 Å². The molecule has 0 saturated heterocycles. The van der Waals surface area contributed by atoms with Crippen LogP contribution in [0.4, 0.5) is 5.69 Å². The summed E-state index contributed by atoms with van der Waals surface area (Å²) in [7, 11) is 0. The molecule has 0 aliphatic rings. The third kappa shape index (κ3) is 4.11. The Kier molecular flexibility index (Phi) is 5.24. The number of nitro groups is 1. The molecule has 1 aromatic rings. The van der Waals surface area contributed by atoms with Gasteiger partial charge in [0.05, 0.1) is 4.92 Å². The molecule has 0 aromatic heterocycles. The molecule has 0 aliphatic carbocycles. The zero-order chi connectivity index (χ0) is 12.1. The van der Waals surface area contributed by atoms with Gasteiger partial charge in [-0.2, -0.15) is 11.8 Å². The summed E-state index contributed by atoms with van der Waals surface area (Å²) in [6.45, 7) is 1.92. The Morgan fingerprint density at radius 3 is 2.88 bits per heavy atom. The minimum atomic E-state index is -0.355. The van der Waals surface area contributed by atoms with Gasteiger partial charge in [0.15, 0.2) is 0 Å². The van der Waals surface area contributed by atoms with Gasteiger partial charge in [-0.3, -0.25) is 10.1 Å². The van der Waals surface area contributed by atoms with Gasteiger partial charge in [-0.15, -0.1) is 0 Å². The van der Waals surface area contributed by atoms with Crippen molar-refractivity contribution in [2.24, 2.45) is 5.73 Å². The van der Waals surface area contributed by atoms with Gasteiger partial charge in [-0.1, -0.05) is 22.0 Å². The van der Waals surface area contributed by atoms with E-state index in [2.05, 4.69) is 15.9 Å². The zero-order valence-corrected chi connectivity index (χ0v) is 11.3. The first kappa shape index (κ1) is 13.5. The summed E-state index contributed by atoms with van der Waals surface area (Å²) < 4.78 is 0.722. The van der Waals surface area contributed by atoms with Crippen molar-refractivity contribution in [3.63, 3.8) is 0 Å². The highest BCUT2D eigenvalue weighted by atomic mass is 79.9. The second-order valence-corrected chi connectivity index (χ2v) is 5.47. The van der Waals surface area contributed by atoms with E-state index in [0.717, 1.165) is 15.8 Å². The standard InChI is InChI=1S/C10H13BrN2O2S/c1-7(12)5-16-6-8-2-3-9(11)4-10(8)13(14)15/h2-4,7H,5-6,12H2,1H3. The molecule has 2 N–H and O–H groups in total. The number of rotatable bonds is 5. The van der Waals surface area contributed by atoms with Crippen LogP contribution in [0.2, 0.25) is 0 Å². The van der Waals surface area contributed by atoms with Crippen molar-refractivity contribution in [2.75, 3.05) is 5.75 Å². The summed E-state index contributed by atoms with van der Waals surface area (Å²) in [6.07, 6.45) is 0. The average molecular weight is 305 g/mol. The van der Waals surface area contributed by atoms with Crippen molar-refractivity contribution in [1.29, 1.82) is 0 Å². The van der Waals surface area contributed by atoms with E-state index >= 15 is 0 Å². The zero-order valence-electron chi connectivity index (χ0n) is 8.85. The SMILES string of the molecule is CC(N)CSCc1ccc(Br)cc1[N+](=O)[O-]. The number of nitrogens with zero attached hydrogens (tertiary/aromatic N) is 1. The van der Waals surface area contributed by atoms with E-state index in [1.54, 1.807) is 17.8 Å². The lowest BCUT2D eigenvalue weighted by atomic mass is 10.2. The minimum absolute atomic E-state index is 0.111. The Balaban J connectivity index is 2.75. The molecule has 0 saturated carbocycles. The Morgan fingerprint density at radius 2 is 2.31 bits per heavy atom. The van der Waals surface area contributed by atoms with E-state index < -0.39 is 0 Å². The summed E-state index contributed by atoms with van der Waals surface area (Å²) in [5, 5.41) is 10.8. The van der Waals surface area contributed by atoms with Gasteiger partial charge < -0.3 is 5.73 Å². The van der Waals surface area contributed by atoms with Crippen LogP contribution in [0.1, 0.15) is 12.5 Å². The van der Waals surface area contributed by atoms with E-state index in [-0.39, 0.29) is 16.7 Å². The summed E-state index contributed by atoms with van der Waals surface area (Å²) in [5.41, 5.74) is 6.51. The molecule has 16 heavy (non-hydrogen) atoms. The first-order valence-corrected chi connectivity index (χ1v) is 6.71. The Labute approximate surface area is 107 Å². The number of benzene rings is 1. The second kappa shape index (κ2) is 6.22. The van der Waals surface area contributed by atoms with Crippen molar-refractivity contribution in [1.82, 2.24) is 0 Å². The molecule has 1 rings (SSSR count). The molecule has 4 nitrogen and oxygen atoms in total. The van der Waals surface area contributed by atoms with Crippen molar-refractivity contribution >= 4 is 33.4 Å². The van der Waals surface area contributed by atoms with Crippen LogP contribution in [-0.2, 0) is 5.75 Å². The van der Waals surface area contributed by atoms with Gasteiger partial charge >= 0.3 is 0 Å². The predicted molar refractivity (Wildman–Crippen MR) is 70.6 cm³/mol. The number of nitrogens with two attached hydrogens (primary N) is 1. The largest absolute Gasteiger partial charge is 0.327 e. The fourth-order valence-corrected chi connectivity index (χ4v) is 2.49. The highest BCUT2D eigenvalue weighted by Gasteiger charge is 2.13. The van der Waals surface area contributed by atoms with Gasteiger partial charge in [-0.25, -0.2) is 0 Å². The van der Waals surface area contributed by atoms with Gasteiger partial charge in [0.1, 0.15) is 0 Å². The third-order valence-electron chi connectivity index (χ3n) is 1.88. The molecule has 88 valence electrons. The number of thioether (sulfide) groups is 1. The normalized spacial score (nSPS) is 12.4. The van der Waals surface area contributed by atoms with Gasteiger partial charge in [0.2, 0.25) is 0 Å². The Morgan fingerprint density at radius 1 is 1.62 bits per heavy atom. The van der Waals surface area contributed by atoms with Crippen LogP contribution in [-0.4, -0.2) is 16.7 Å². The van der Waals surface area contributed by atoms with E-state index in [9.17, 15) is 10.1 Å². The van der Waals surface area contributed by atoms with Crippen molar-refractivity contribution < 1.29 is 4.92 Å². The van der Waals surface area contributed by atoms with Crippen LogP contribution in [0.15, 0.2) is 22.7 Å². The molecule has 0 amide bonds. The minimum Gasteiger partial charge on any atom is -0.327 e. The topological polar surface area (TPSA) is 69.2 Å². The lowest BCUT2D eigenvalue weighted by molar-refractivity contribution is -0.385. The van der Waals surface area contributed by atoms with Crippen LogP contribution in [0.25, 0.3) is 0 Å². The first-order chi connectivity index (χ1) is 7.50. The average Bonchev–Trinajstić information content (AvgIpc) is 2.19. The molecule has 0 fully saturated rings. The van der Waals surface area contributed by atoms with E-state index in [0.29, 0.717) is 5.75 Å². The number of hydrogen-bond acceptors (Lipinski definition) is 4. The number of hydrogen-bond donors (Lipinski definition) is 1. The molecule has 1 atom stereocenters. The van der Waals surface area contributed by atoms with Crippen molar-refractivity contribution in [2.45, 2.75) is 18.7 Å². The monoisotopic (exact) mass is 304 g/mol. The van der Waals surface area contributed by atoms with Crippen LogP contribution >= 0.6 is 27.7 Å². The van der Waals surface area contributed by atoms with Gasteiger partial charge in [0.25, 0.3) is 5.69 Å². The highest BCUT2D eigenvalue weighted by Crippen LogP contribution is 2.26. The summed E-state index contributed by atoms with van der Waals surface area (Å²) in [5.74, 6) is 1.42. The molecule has 0 radical (unpaired) electrons. The maximum absolute atomic E-state index is 10.8. The van der Waals surface area contributed by atoms with E-state index in [1.807, 2.05) is 13.0 Å². The molecular weight excluding hydrogens is 292 g/mol. The van der Waals surface area contributed by atoms with Crippen LogP contribution in [0.5, 0.6) is 0 Å². The maximum Gasteiger partial charge on any atom is 0.274 e. The first-order valence-electron chi connectivity index (χ1n) is 4.77. The maximum atomic E-state index is 10.8. The molecule has 1 aromatic carbocycles. The lowest BCUT2D eigenvalue weighted by Crippen LogP contribution is -2.17. The third-order valence-corrected chi connectivity index (χ3v) is 3.65. The Hall–Kier alpha value is -0.590. The number of halogens is 1. The summed E-state index contributed by atoms with van der Waals surface area (Å²) >= 11 is 4.83. The number of nitro benzene ring substituents is 1. The van der Waals surface area contributed by atoms with Crippen molar-refractivity contribution in [3.8, 4) is 0 Å².